The summed E-state index contributed by atoms with van der Waals surface area (Å²) in [5.41, 5.74) is 4.12. The number of ether oxygens (including phenoxy) is 1. The van der Waals surface area contributed by atoms with Gasteiger partial charge in [0.15, 0.2) is 5.15 Å². The number of imidazole rings is 1. The van der Waals surface area contributed by atoms with Gasteiger partial charge in [-0.05, 0) is 47.6 Å². The number of esters is 1. The van der Waals surface area contributed by atoms with Crippen LogP contribution >= 0.6 is 11.6 Å². The van der Waals surface area contributed by atoms with E-state index in [0.29, 0.717) is 17.5 Å². The summed E-state index contributed by atoms with van der Waals surface area (Å²) in [7, 11) is 1.44. The van der Waals surface area contributed by atoms with Gasteiger partial charge in [0.1, 0.15) is 17.7 Å². The molecule has 0 spiro atoms. The predicted octanol–water partition coefficient (Wildman–Crippen LogP) is 5.31. The van der Waals surface area contributed by atoms with E-state index in [-0.39, 0.29) is 12.0 Å². The zero-order valence-electron chi connectivity index (χ0n) is 21.7. The molecule has 0 radical (unpaired) electrons. The Hall–Kier alpha value is -3.72. The van der Waals surface area contributed by atoms with Crippen LogP contribution in [0.3, 0.4) is 0 Å². The lowest BCUT2D eigenvalue weighted by molar-refractivity contribution is -0.142. The van der Waals surface area contributed by atoms with Gasteiger partial charge in [-0.2, -0.15) is 5.21 Å². The average molecular weight is 534 g/mol. The van der Waals surface area contributed by atoms with Crippen LogP contribution in [0.25, 0.3) is 22.5 Å². The number of methoxy groups -OCH3 is 1. The van der Waals surface area contributed by atoms with Gasteiger partial charge in [0.05, 0.1) is 13.7 Å². The lowest BCUT2D eigenvalue weighted by atomic mass is 9.98. The Labute approximate surface area is 227 Å². The number of H-pyrrole nitrogens is 1. The second kappa shape index (κ2) is 11.8. The first-order valence-electron chi connectivity index (χ1n) is 13.1. The molecule has 10 heteroatoms. The Balaban J connectivity index is 1.48. The molecule has 1 aliphatic heterocycles. The molecule has 1 atom stereocenters. The number of aromatic amines is 1. The third-order valence-corrected chi connectivity index (χ3v) is 7.35. The first kappa shape index (κ1) is 25.9. The first-order chi connectivity index (χ1) is 18.6. The molecule has 1 fully saturated rings. The van der Waals surface area contributed by atoms with Crippen molar-refractivity contribution in [3.8, 4) is 22.5 Å². The van der Waals surface area contributed by atoms with Crippen molar-refractivity contribution in [2.45, 2.75) is 58.0 Å². The largest absolute Gasteiger partial charge is 0.467 e. The second-order valence-electron chi connectivity index (χ2n) is 9.54. The molecule has 0 aliphatic carbocycles. The lowest BCUT2D eigenvalue weighted by Crippen LogP contribution is -2.46. The standard InChI is InChI=1S/C28H32ClN7O2/c1-3-4-12-24-30-25(29)27(35-17-8-7-11-23(35)28(37)38-2)36(24)18-19-13-15-20(16-14-19)21-9-5-6-10-22(21)26-31-33-34-32-26/h5-6,9-10,13-16,23H,3-4,7-8,11-12,17-18H2,1-2H3,(H,31,32,33,34)/t23-/m0/s1. The van der Waals surface area contributed by atoms with Crippen LogP contribution < -0.4 is 4.90 Å². The Morgan fingerprint density at radius 1 is 1.13 bits per heavy atom. The van der Waals surface area contributed by atoms with Crippen molar-refractivity contribution >= 4 is 23.4 Å². The number of hydrogen-bond acceptors (Lipinski definition) is 7. The van der Waals surface area contributed by atoms with Crippen molar-refractivity contribution in [2.24, 2.45) is 0 Å². The first-order valence-corrected chi connectivity index (χ1v) is 13.5. The number of benzene rings is 2. The number of unbranched alkanes of at least 4 members (excludes halogenated alkanes) is 1. The zero-order valence-corrected chi connectivity index (χ0v) is 22.5. The molecule has 198 valence electrons. The van der Waals surface area contributed by atoms with E-state index in [2.05, 4.69) is 67.3 Å². The number of aromatic nitrogens is 6. The molecular formula is C28H32ClN7O2. The number of nitrogens with one attached hydrogen (secondary N) is 1. The van der Waals surface area contributed by atoms with Crippen molar-refractivity contribution in [3.63, 3.8) is 0 Å². The van der Waals surface area contributed by atoms with Gasteiger partial charge in [0, 0.05) is 18.5 Å². The number of piperidine rings is 1. The van der Waals surface area contributed by atoms with Crippen molar-refractivity contribution in [2.75, 3.05) is 18.6 Å². The third-order valence-electron chi connectivity index (χ3n) is 7.10. The number of halogens is 1. The van der Waals surface area contributed by atoms with E-state index < -0.39 is 0 Å². The minimum Gasteiger partial charge on any atom is -0.467 e. The maximum atomic E-state index is 12.6. The summed E-state index contributed by atoms with van der Waals surface area (Å²) in [5, 5.41) is 15.0. The van der Waals surface area contributed by atoms with Gasteiger partial charge < -0.3 is 14.2 Å². The molecule has 0 amide bonds. The average Bonchev–Trinajstić information content (AvgIpc) is 3.60. The molecule has 5 rings (SSSR count). The van der Waals surface area contributed by atoms with Crippen LogP contribution in [0.1, 0.15) is 50.4 Å². The molecule has 2 aromatic heterocycles. The fourth-order valence-electron chi connectivity index (χ4n) is 5.17. The molecule has 0 unspecified atom stereocenters. The van der Waals surface area contributed by atoms with Gasteiger partial charge >= 0.3 is 5.97 Å². The summed E-state index contributed by atoms with van der Waals surface area (Å²) in [4.78, 5) is 19.5. The monoisotopic (exact) mass is 533 g/mol. The fraction of sp³-hybridized carbons (Fsp3) is 0.393. The van der Waals surface area contributed by atoms with Gasteiger partial charge in [0.2, 0.25) is 5.82 Å². The van der Waals surface area contributed by atoms with E-state index in [1.54, 1.807) is 0 Å². The summed E-state index contributed by atoms with van der Waals surface area (Å²) >= 11 is 6.77. The second-order valence-corrected chi connectivity index (χ2v) is 9.90. The molecule has 3 heterocycles. The van der Waals surface area contributed by atoms with Crippen molar-refractivity contribution < 1.29 is 9.53 Å². The minimum absolute atomic E-state index is 0.228. The van der Waals surface area contributed by atoms with Crippen molar-refractivity contribution in [1.82, 2.24) is 30.2 Å². The molecule has 0 bridgehead atoms. The van der Waals surface area contributed by atoms with Crippen LogP contribution in [-0.2, 0) is 22.5 Å². The molecule has 1 aliphatic rings. The van der Waals surface area contributed by atoms with E-state index in [4.69, 9.17) is 21.3 Å². The highest BCUT2D eigenvalue weighted by molar-refractivity contribution is 6.32. The smallest absolute Gasteiger partial charge is 0.328 e. The highest BCUT2D eigenvalue weighted by Gasteiger charge is 2.34. The molecule has 1 N–H and O–H groups in total. The molecule has 4 aromatic rings. The highest BCUT2D eigenvalue weighted by atomic mass is 35.5. The van der Waals surface area contributed by atoms with Crippen LogP contribution in [0.4, 0.5) is 5.82 Å². The Morgan fingerprint density at radius 2 is 1.92 bits per heavy atom. The van der Waals surface area contributed by atoms with E-state index in [9.17, 15) is 4.79 Å². The molecule has 2 aromatic carbocycles. The van der Waals surface area contributed by atoms with Crippen LogP contribution in [0, 0.1) is 0 Å². The minimum atomic E-state index is -0.357. The number of aryl methyl sites for hydroxylation is 1. The van der Waals surface area contributed by atoms with Crippen molar-refractivity contribution in [3.05, 3.63) is 65.1 Å². The van der Waals surface area contributed by atoms with Gasteiger partial charge in [-0.15, -0.1) is 10.2 Å². The molecule has 38 heavy (non-hydrogen) atoms. The Bertz CT molecular complexity index is 1370. The number of rotatable bonds is 9. The number of carbonyl (C=O) groups excluding carboxylic acids is 1. The van der Waals surface area contributed by atoms with E-state index >= 15 is 0 Å². The van der Waals surface area contributed by atoms with Crippen LogP contribution in [0.2, 0.25) is 5.15 Å². The Morgan fingerprint density at radius 3 is 2.63 bits per heavy atom. The number of anilines is 1. The number of tetrazole rings is 1. The summed E-state index contributed by atoms with van der Waals surface area (Å²) in [5.74, 6) is 2.07. The summed E-state index contributed by atoms with van der Waals surface area (Å²) in [6, 6.07) is 16.1. The molecule has 1 saturated heterocycles. The Kier molecular flexibility index (Phi) is 8.03. The van der Waals surface area contributed by atoms with Gasteiger partial charge in [-0.3, -0.25) is 0 Å². The maximum Gasteiger partial charge on any atom is 0.328 e. The lowest BCUT2D eigenvalue weighted by Gasteiger charge is -2.36. The molecular weight excluding hydrogens is 502 g/mol. The SMILES string of the molecule is CCCCc1nc(Cl)c(N2CCCC[C@H]2C(=O)OC)n1Cc1ccc(-c2ccccc2-c2nn[nH]n2)cc1. The third kappa shape index (κ3) is 5.29. The van der Waals surface area contributed by atoms with Gasteiger partial charge in [-0.1, -0.05) is 73.5 Å². The van der Waals surface area contributed by atoms with E-state index in [0.717, 1.165) is 79.0 Å². The van der Waals surface area contributed by atoms with E-state index in [1.807, 2.05) is 18.2 Å². The number of hydrogen-bond donors (Lipinski definition) is 1. The number of nitrogens with zero attached hydrogens (tertiary/aromatic N) is 6. The van der Waals surface area contributed by atoms with Crippen LogP contribution in [0.5, 0.6) is 0 Å². The summed E-state index contributed by atoms with van der Waals surface area (Å²) in [6.45, 7) is 3.51. The van der Waals surface area contributed by atoms with Crippen LogP contribution in [0.15, 0.2) is 48.5 Å². The predicted molar refractivity (Wildman–Crippen MR) is 147 cm³/mol. The zero-order chi connectivity index (χ0) is 26.5. The highest BCUT2D eigenvalue weighted by Crippen LogP contribution is 2.35. The quantitative estimate of drug-likeness (QED) is 0.291. The number of carbonyl (C=O) groups is 1. The van der Waals surface area contributed by atoms with Crippen molar-refractivity contribution in [1.29, 1.82) is 0 Å². The van der Waals surface area contributed by atoms with Gasteiger partial charge in [0.25, 0.3) is 0 Å². The summed E-state index contributed by atoms with van der Waals surface area (Å²) in [6.07, 6.45) is 5.61. The van der Waals surface area contributed by atoms with Crippen LogP contribution in [-0.4, -0.2) is 55.8 Å². The van der Waals surface area contributed by atoms with Gasteiger partial charge in [-0.25, -0.2) is 9.78 Å². The summed E-state index contributed by atoms with van der Waals surface area (Å²) < 4.78 is 7.32. The van der Waals surface area contributed by atoms with E-state index in [1.165, 1.54) is 7.11 Å². The normalized spacial score (nSPS) is 15.6. The molecule has 0 saturated carbocycles. The fourth-order valence-corrected chi connectivity index (χ4v) is 5.48. The topological polar surface area (TPSA) is 102 Å². The maximum absolute atomic E-state index is 12.6. The molecule has 9 nitrogen and oxygen atoms in total.